The molecule has 0 aliphatic carbocycles. The maximum Gasteiger partial charge on any atom is 0.260 e. The second-order valence-electron chi connectivity index (χ2n) is 4.24. The Bertz CT molecular complexity index is 431. The van der Waals surface area contributed by atoms with Crippen molar-refractivity contribution in [2.24, 2.45) is 0 Å². The fourth-order valence-corrected chi connectivity index (χ4v) is 1.60. The molecule has 0 radical (unpaired) electrons. The standard InChI is InChI=1S/C14H21NO4/c1-5-15-14(17)10(3)19-12-7-6-11(9(2)16)8-13(12)18-4/h6-10,16H,5H2,1-4H3,(H,15,17)/t9-,10?/m1/s1. The number of hydrogen-bond donors (Lipinski definition) is 2. The number of rotatable bonds is 6. The van der Waals surface area contributed by atoms with Crippen LogP contribution in [-0.2, 0) is 4.79 Å². The molecule has 0 heterocycles. The minimum atomic E-state index is -0.605. The van der Waals surface area contributed by atoms with Gasteiger partial charge in [0.1, 0.15) is 0 Å². The van der Waals surface area contributed by atoms with Crippen LogP contribution >= 0.6 is 0 Å². The van der Waals surface area contributed by atoms with Gasteiger partial charge in [-0.05, 0) is 38.5 Å². The first-order valence-electron chi connectivity index (χ1n) is 6.30. The Morgan fingerprint density at radius 2 is 2.05 bits per heavy atom. The molecule has 2 atom stereocenters. The Balaban J connectivity index is 2.86. The summed E-state index contributed by atoms with van der Waals surface area (Å²) in [5.41, 5.74) is 0.731. The number of likely N-dealkylation sites (N-methyl/N-ethyl adjacent to an activating group) is 1. The predicted octanol–water partition coefficient (Wildman–Crippen LogP) is 1.65. The molecule has 5 nitrogen and oxygen atoms in total. The average molecular weight is 267 g/mol. The minimum Gasteiger partial charge on any atom is -0.493 e. The quantitative estimate of drug-likeness (QED) is 0.822. The SMILES string of the molecule is CCNC(=O)C(C)Oc1ccc([C@@H](C)O)cc1OC. The highest BCUT2D eigenvalue weighted by molar-refractivity contribution is 5.80. The molecule has 1 unspecified atom stereocenters. The van der Waals surface area contributed by atoms with Crippen molar-refractivity contribution in [3.8, 4) is 11.5 Å². The van der Waals surface area contributed by atoms with Crippen molar-refractivity contribution in [2.75, 3.05) is 13.7 Å². The van der Waals surface area contributed by atoms with E-state index in [1.165, 1.54) is 7.11 Å². The molecular weight excluding hydrogens is 246 g/mol. The third-order valence-corrected chi connectivity index (χ3v) is 2.69. The molecule has 0 bridgehead atoms. The summed E-state index contributed by atoms with van der Waals surface area (Å²) in [7, 11) is 1.52. The Labute approximate surface area is 113 Å². The Kier molecular flexibility index (Phi) is 5.63. The van der Waals surface area contributed by atoms with Crippen LogP contribution in [0.1, 0.15) is 32.4 Å². The number of hydrogen-bond acceptors (Lipinski definition) is 4. The molecular formula is C14H21NO4. The fourth-order valence-electron chi connectivity index (χ4n) is 1.60. The molecule has 5 heteroatoms. The summed E-state index contributed by atoms with van der Waals surface area (Å²) in [6.45, 7) is 5.76. The highest BCUT2D eigenvalue weighted by Gasteiger charge is 2.16. The zero-order chi connectivity index (χ0) is 14.4. The molecule has 0 aliphatic heterocycles. The summed E-state index contributed by atoms with van der Waals surface area (Å²) >= 11 is 0. The van der Waals surface area contributed by atoms with Crippen molar-refractivity contribution in [1.82, 2.24) is 5.32 Å². The lowest BCUT2D eigenvalue weighted by molar-refractivity contribution is -0.127. The first-order chi connectivity index (χ1) is 8.99. The van der Waals surface area contributed by atoms with Gasteiger partial charge >= 0.3 is 0 Å². The van der Waals surface area contributed by atoms with Crippen LogP contribution in [0.4, 0.5) is 0 Å². The van der Waals surface area contributed by atoms with E-state index in [-0.39, 0.29) is 5.91 Å². The zero-order valence-electron chi connectivity index (χ0n) is 11.8. The van der Waals surface area contributed by atoms with Crippen LogP contribution in [0, 0.1) is 0 Å². The maximum absolute atomic E-state index is 11.6. The fraction of sp³-hybridized carbons (Fsp3) is 0.500. The van der Waals surface area contributed by atoms with Gasteiger partial charge in [0.25, 0.3) is 5.91 Å². The highest BCUT2D eigenvalue weighted by atomic mass is 16.5. The van der Waals surface area contributed by atoms with E-state index in [1.807, 2.05) is 6.92 Å². The maximum atomic E-state index is 11.6. The van der Waals surface area contributed by atoms with Gasteiger partial charge in [0.05, 0.1) is 13.2 Å². The summed E-state index contributed by atoms with van der Waals surface area (Å²) in [5, 5.41) is 12.2. The molecule has 0 fully saturated rings. The molecule has 0 spiro atoms. The topological polar surface area (TPSA) is 67.8 Å². The average Bonchev–Trinajstić information content (AvgIpc) is 2.39. The molecule has 1 rings (SSSR count). The Morgan fingerprint density at radius 1 is 1.37 bits per heavy atom. The summed E-state index contributed by atoms with van der Waals surface area (Å²) in [5.74, 6) is 0.796. The van der Waals surface area contributed by atoms with E-state index in [0.29, 0.717) is 18.0 Å². The van der Waals surface area contributed by atoms with E-state index in [4.69, 9.17) is 9.47 Å². The van der Waals surface area contributed by atoms with Gasteiger partial charge in [-0.1, -0.05) is 6.07 Å². The number of ether oxygens (including phenoxy) is 2. The predicted molar refractivity (Wildman–Crippen MR) is 72.4 cm³/mol. The highest BCUT2D eigenvalue weighted by Crippen LogP contribution is 2.30. The van der Waals surface area contributed by atoms with Crippen LogP contribution in [0.25, 0.3) is 0 Å². The van der Waals surface area contributed by atoms with Crippen molar-refractivity contribution in [2.45, 2.75) is 33.0 Å². The molecule has 1 aromatic rings. The van der Waals surface area contributed by atoms with Gasteiger partial charge in [0.15, 0.2) is 17.6 Å². The lowest BCUT2D eigenvalue weighted by Crippen LogP contribution is -2.36. The van der Waals surface area contributed by atoms with Gasteiger partial charge in [-0.2, -0.15) is 0 Å². The van der Waals surface area contributed by atoms with Crippen molar-refractivity contribution in [3.05, 3.63) is 23.8 Å². The largest absolute Gasteiger partial charge is 0.493 e. The van der Waals surface area contributed by atoms with E-state index >= 15 is 0 Å². The number of benzene rings is 1. The molecule has 1 amide bonds. The number of amides is 1. The number of aliphatic hydroxyl groups excluding tert-OH is 1. The summed E-state index contributed by atoms with van der Waals surface area (Å²) in [4.78, 5) is 11.6. The van der Waals surface area contributed by atoms with Crippen molar-refractivity contribution < 1.29 is 19.4 Å². The van der Waals surface area contributed by atoms with Crippen molar-refractivity contribution >= 4 is 5.91 Å². The number of aliphatic hydroxyl groups is 1. The Hall–Kier alpha value is -1.75. The number of nitrogens with one attached hydrogen (secondary N) is 1. The second-order valence-corrected chi connectivity index (χ2v) is 4.24. The summed E-state index contributed by atoms with van der Waals surface area (Å²) < 4.78 is 10.8. The Morgan fingerprint density at radius 3 is 2.58 bits per heavy atom. The normalized spacial score (nSPS) is 13.5. The van der Waals surface area contributed by atoms with Gasteiger partial charge in [0.2, 0.25) is 0 Å². The molecule has 1 aromatic carbocycles. The molecule has 19 heavy (non-hydrogen) atoms. The monoisotopic (exact) mass is 267 g/mol. The smallest absolute Gasteiger partial charge is 0.260 e. The van der Waals surface area contributed by atoms with Crippen molar-refractivity contribution in [3.63, 3.8) is 0 Å². The van der Waals surface area contributed by atoms with Crippen LogP contribution in [-0.4, -0.2) is 30.8 Å². The van der Waals surface area contributed by atoms with E-state index in [2.05, 4.69) is 5.32 Å². The second kappa shape index (κ2) is 6.99. The third kappa shape index (κ3) is 4.13. The number of methoxy groups -OCH3 is 1. The molecule has 0 saturated heterocycles. The van der Waals surface area contributed by atoms with Crippen LogP contribution in [0.3, 0.4) is 0 Å². The van der Waals surface area contributed by atoms with Crippen LogP contribution in [0.15, 0.2) is 18.2 Å². The lowest BCUT2D eigenvalue weighted by Gasteiger charge is -2.17. The van der Waals surface area contributed by atoms with Crippen LogP contribution in [0.2, 0.25) is 0 Å². The first-order valence-corrected chi connectivity index (χ1v) is 6.30. The molecule has 0 aromatic heterocycles. The van der Waals surface area contributed by atoms with Crippen molar-refractivity contribution in [1.29, 1.82) is 0 Å². The van der Waals surface area contributed by atoms with Gasteiger partial charge in [-0.3, -0.25) is 4.79 Å². The van der Waals surface area contributed by atoms with E-state index in [9.17, 15) is 9.90 Å². The van der Waals surface area contributed by atoms with Gasteiger partial charge in [0, 0.05) is 6.54 Å². The summed E-state index contributed by atoms with van der Waals surface area (Å²) in [6.07, 6.45) is -1.19. The van der Waals surface area contributed by atoms with E-state index in [1.54, 1.807) is 32.0 Å². The number of carbonyl (C=O) groups is 1. The van der Waals surface area contributed by atoms with E-state index < -0.39 is 12.2 Å². The molecule has 2 N–H and O–H groups in total. The van der Waals surface area contributed by atoms with Crippen LogP contribution < -0.4 is 14.8 Å². The van der Waals surface area contributed by atoms with Gasteiger partial charge < -0.3 is 19.9 Å². The van der Waals surface area contributed by atoms with E-state index in [0.717, 1.165) is 5.56 Å². The molecule has 0 saturated carbocycles. The minimum absolute atomic E-state index is 0.177. The first kappa shape index (κ1) is 15.3. The van der Waals surface area contributed by atoms with Crippen LogP contribution in [0.5, 0.6) is 11.5 Å². The molecule has 106 valence electrons. The lowest BCUT2D eigenvalue weighted by atomic mass is 10.1. The third-order valence-electron chi connectivity index (χ3n) is 2.69. The zero-order valence-corrected chi connectivity index (χ0v) is 11.8. The van der Waals surface area contributed by atoms with Gasteiger partial charge in [-0.15, -0.1) is 0 Å². The number of carbonyl (C=O) groups excluding carboxylic acids is 1. The van der Waals surface area contributed by atoms with Gasteiger partial charge in [-0.25, -0.2) is 0 Å². The summed E-state index contributed by atoms with van der Waals surface area (Å²) in [6, 6.07) is 5.13. The molecule has 0 aliphatic rings.